The van der Waals surface area contributed by atoms with Crippen LogP contribution in [0.5, 0.6) is 11.5 Å². The molecule has 8 N–H and O–H groups in total. The fourth-order valence-electron chi connectivity index (χ4n) is 14.5. The topological polar surface area (TPSA) is 187 Å². The first-order chi connectivity index (χ1) is 33.0. The second kappa shape index (κ2) is 22.8. The summed E-state index contributed by atoms with van der Waals surface area (Å²) in [5.41, 5.74) is 15.4. The number of amides is 4. The minimum Gasteiger partial charge on any atom is -0.483 e. The summed E-state index contributed by atoms with van der Waals surface area (Å²) in [4.78, 5) is 54.5. The molecule has 8 bridgehead atoms. The van der Waals surface area contributed by atoms with Gasteiger partial charge in [-0.15, -0.1) is 13.2 Å². The SMILES string of the molecule is C=CCc1ccc(OCC(=O)NC(CCCCN)C(=O)NCC23CC4CC(CC(C4)C2)C3)c(-c2ccc(OCC(=O)NC(CCCCN)C(=O)NCC34CC5CC(CC(C5)C3)C4)c(CC=C)c2)c1. The predicted molar refractivity (Wildman–Crippen MR) is 268 cm³/mol. The molecule has 370 valence electrons. The Hall–Kier alpha value is -4.68. The number of allylic oxidation sites excluding steroid dienone is 2. The summed E-state index contributed by atoms with van der Waals surface area (Å²) in [7, 11) is 0. The number of hydrogen-bond donors (Lipinski definition) is 6. The van der Waals surface area contributed by atoms with Gasteiger partial charge in [-0.3, -0.25) is 19.2 Å². The van der Waals surface area contributed by atoms with Gasteiger partial charge >= 0.3 is 0 Å². The van der Waals surface area contributed by atoms with Gasteiger partial charge in [0.05, 0.1) is 0 Å². The first-order valence-corrected chi connectivity index (χ1v) is 26.2. The summed E-state index contributed by atoms with van der Waals surface area (Å²) in [5.74, 6) is 4.80. The van der Waals surface area contributed by atoms with Crippen LogP contribution >= 0.6 is 0 Å². The minimum atomic E-state index is -0.674. The van der Waals surface area contributed by atoms with E-state index in [4.69, 9.17) is 20.9 Å². The van der Waals surface area contributed by atoms with Gasteiger partial charge in [-0.2, -0.15) is 0 Å². The third-order valence-electron chi connectivity index (χ3n) is 16.7. The zero-order chi connectivity index (χ0) is 47.7. The van der Waals surface area contributed by atoms with Gasteiger partial charge in [0.15, 0.2) is 13.2 Å². The lowest BCUT2D eigenvalue weighted by atomic mass is 9.49. The molecule has 0 saturated heterocycles. The highest BCUT2D eigenvalue weighted by Crippen LogP contribution is 2.61. The van der Waals surface area contributed by atoms with Crippen LogP contribution in [0.25, 0.3) is 11.1 Å². The van der Waals surface area contributed by atoms with Crippen LogP contribution in [0.4, 0.5) is 0 Å². The number of nitrogens with one attached hydrogen (secondary N) is 4. The largest absolute Gasteiger partial charge is 0.483 e. The lowest BCUT2D eigenvalue weighted by molar-refractivity contribution is -0.131. The maximum atomic E-state index is 13.7. The van der Waals surface area contributed by atoms with E-state index in [1.807, 2.05) is 42.5 Å². The molecule has 0 heterocycles. The predicted octanol–water partition coefficient (Wildman–Crippen LogP) is 7.46. The number of nitrogens with two attached hydrogens (primary N) is 2. The molecule has 4 amide bonds. The highest BCUT2D eigenvalue weighted by Gasteiger charge is 2.52. The Bertz CT molecular complexity index is 2050. The Kier molecular flexibility index (Phi) is 16.7. The van der Waals surface area contributed by atoms with E-state index in [1.165, 1.54) is 77.0 Å². The zero-order valence-corrected chi connectivity index (χ0v) is 40.6. The van der Waals surface area contributed by atoms with Crippen LogP contribution in [0.3, 0.4) is 0 Å². The Morgan fingerprint density at radius 2 is 1.04 bits per heavy atom. The number of ether oxygens (including phenoxy) is 2. The molecular weight excluding hydrogens is 853 g/mol. The van der Waals surface area contributed by atoms with E-state index in [1.54, 1.807) is 6.08 Å². The van der Waals surface area contributed by atoms with Crippen LogP contribution in [-0.4, -0.2) is 75.1 Å². The van der Waals surface area contributed by atoms with Crippen LogP contribution in [0.2, 0.25) is 0 Å². The third kappa shape index (κ3) is 12.6. The molecule has 2 unspecified atom stereocenters. The lowest BCUT2D eigenvalue weighted by Crippen LogP contribution is -2.54. The number of hydrogen-bond acceptors (Lipinski definition) is 8. The standard InChI is InChI=1S/C56H80N6O6/c1-3-9-37-13-15-50(68-34-52(64)62-48(12-6-8-18-58)54(66)60-36-56-30-41-22-42(31-56)24-43(23-41)32-56)46(25-37)44-14-16-49(45(26-44)10-4-2)67-33-51(63)61-47(11-5-7-17-57)53(65)59-35-55-27-38-19-39(28-55)21-40(20-38)29-55/h3-4,13-16,25-26,38-43,47-48H,1-2,5-12,17-24,27-36,57-58H2,(H,59,65)(H,60,66)(H,61,63)(H,62,64). The average molecular weight is 933 g/mol. The molecule has 0 radical (unpaired) electrons. The molecule has 0 aliphatic heterocycles. The maximum Gasteiger partial charge on any atom is 0.258 e. The summed E-state index contributed by atoms with van der Waals surface area (Å²) in [6.45, 7) is 9.79. The van der Waals surface area contributed by atoms with Crippen molar-refractivity contribution in [3.05, 3.63) is 72.8 Å². The molecule has 0 aromatic heterocycles. The van der Waals surface area contributed by atoms with Gasteiger partial charge in [-0.25, -0.2) is 0 Å². The molecule has 8 saturated carbocycles. The quantitative estimate of drug-likeness (QED) is 0.0394. The van der Waals surface area contributed by atoms with Gasteiger partial charge in [0.2, 0.25) is 11.8 Å². The minimum absolute atomic E-state index is 0.132. The summed E-state index contributed by atoms with van der Waals surface area (Å²) in [6.07, 6.45) is 24.1. The van der Waals surface area contributed by atoms with Crippen molar-refractivity contribution in [1.29, 1.82) is 0 Å². The number of carbonyl (C=O) groups excluding carboxylic acids is 4. The molecule has 12 heteroatoms. The van der Waals surface area contributed by atoms with E-state index in [-0.39, 0.29) is 47.7 Å². The molecule has 8 fully saturated rings. The molecule has 8 aliphatic rings. The fraction of sp³-hybridized carbons (Fsp3) is 0.643. The van der Waals surface area contributed by atoms with Crippen LogP contribution in [0, 0.1) is 46.3 Å². The maximum absolute atomic E-state index is 13.7. The number of rotatable bonds is 27. The molecule has 12 nitrogen and oxygen atoms in total. The highest BCUT2D eigenvalue weighted by atomic mass is 16.5. The van der Waals surface area contributed by atoms with Crippen molar-refractivity contribution >= 4 is 23.6 Å². The number of unbranched alkanes of at least 4 members (excludes halogenated alkanes) is 2. The van der Waals surface area contributed by atoms with Crippen LogP contribution in [0.15, 0.2) is 61.7 Å². The van der Waals surface area contributed by atoms with Gasteiger partial charge in [-0.1, -0.05) is 24.3 Å². The monoisotopic (exact) mass is 933 g/mol. The molecule has 2 aromatic rings. The number of carbonyl (C=O) groups is 4. The van der Waals surface area contributed by atoms with Crippen molar-refractivity contribution in [2.24, 2.45) is 57.8 Å². The second-order valence-corrected chi connectivity index (χ2v) is 22.3. The fourth-order valence-corrected chi connectivity index (χ4v) is 14.5. The van der Waals surface area contributed by atoms with Gasteiger partial charge in [-0.05, 0) is 229 Å². The molecule has 2 atom stereocenters. The van der Waals surface area contributed by atoms with Gasteiger partial charge in [0.1, 0.15) is 23.6 Å². The van der Waals surface area contributed by atoms with E-state index in [0.717, 1.165) is 83.4 Å². The zero-order valence-electron chi connectivity index (χ0n) is 40.6. The molecule has 8 aliphatic carbocycles. The van der Waals surface area contributed by atoms with Gasteiger partial charge in [0, 0.05) is 18.7 Å². The second-order valence-electron chi connectivity index (χ2n) is 22.3. The summed E-state index contributed by atoms with van der Waals surface area (Å²) in [6, 6.07) is 10.3. The third-order valence-corrected chi connectivity index (χ3v) is 16.7. The van der Waals surface area contributed by atoms with Crippen molar-refractivity contribution in [3.63, 3.8) is 0 Å². The Morgan fingerprint density at radius 3 is 1.49 bits per heavy atom. The first-order valence-electron chi connectivity index (χ1n) is 26.2. The Morgan fingerprint density at radius 1 is 0.603 bits per heavy atom. The summed E-state index contributed by atoms with van der Waals surface area (Å²) in [5, 5.41) is 12.5. The van der Waals surface area contributed by atoms with Crippen LogP contribution in [-0.2, 0) is 32.0 Å². The molecule has 68 heavy (non-hydrogen) atoms. The van der Waals surface area contributed by atoms with E-state index in [9.17, 15) is 19.2 Å². The van der Waals surface area contributed by atoms with Gasteiger partial charge < -0.3 is 42.2 Å². The van der Waals surface area contributed by atoms with Crippen molar-refractivity contribution in [3.8, 4) is 22.6 Å². The normalized spacial score (nSPS) is 28.0. The van der Waals surface area contributed by atoms with E-state index >= 15 is 0 Å². The smallest absolute Gasteiger partial charge is 0.258 e. The first kappa shape index (κ1) is 49.7. The number of benzene rings is 2. The van der Waals surface area contributed by atoms with Crippen molar-refractivity contribution in [2.45, 2.75) is 141 Å². The molecule has 10 rings (SSSR count). The molecule has 0 spiro atoms. The summed E-state index contributed by atoms with van der Waals surface area (Å²) >= 11 is 0. The Labute approximate surface area is 405 Å². The van der Waals surface area contributed by atoms with Crippen molar-refractivity contribution in [2.75, 3.05) is 39.4 Å². The summed E-state index contributed by atoms with van der Waals surface area (Å²) < 4.78 is 12.4. The van der Waals surface area contributed by atoms with E-state index in [2.05, 4.69) is 34.4 Å². The molecular formula is C56H80N6O6. The molecule has 2 aromatic carbocycles. The highest BCUT2D eigenvalue weighted by molar-refractivity contribution is 5.89. The van der Waals surface area contributed by atoms with Crippen LogP contribution in [0.1, 0.15) is 127 Å². The Balaban J connectivity index is 0.886. The van der Waals surface area contributed by atoms with Crippen LogP contribution < -0.4 is 42.2 Å². The van der Waals surface area contributed by atoms with E-state index < -0.39 is 12.1 Å². The van der Waals surface area contributed by atoms with Crippen molar-refractivity contribution < 1.29 is 28.7 Å². The lowest BCUT2D eigenvalue weighted by Gasteiger charge is -2.57. The van der Waals surface area contributed by atoms with Gasteiger partial charge in [0.25, 0.3) is 11.8 Å². The van der Waals surface area contributed by atoms with E-state index in [0.29, 0.717) is 63.4 Å². The average Bonchev–Trinajstić information content (AvgIpc) is 3.30. The van der Waals surface area contributed by atoms with Crippen molar-refractivity contribution in [1.82, 2.24) is 21.3 Å².